The van der Waals surface area contributed by atoms with Crippen LogP contribution in [-0.4, -0.2) is 5.60 Å². The van der Waals surface area contributed by atoms with Crippen LogP contribution in [0.3, 0.4) is 0 Å². The Balaban J connectivity index is 1.79. The van der Waals surface area contributed by atoms with E-state index < -0.39 is 22.7 Å². The Bertz CT molecular complexity index is 537. The second-order valence-corrected chi connectivity index (χ2v) is 6.46. The van der Waals surface area contributed by atoms with E-state index in [9.17, 15) is 8.78 Å². The van der Waals surface area contributed by atoms with Gasteiger partial charge in [0.1, 0.15) is 11.4 Å². The van der Waals surface area contributed by atoms with Crippen LogP contribution in [0.2, 0.25) is 0 Å². The van der Waals surface area contributed by atoms with E-state index in [1.54, 1.807) is 0 Å². The lowest BCUT2D eigenvalue weighted by atomic mass is 9.63. The summed E-state index contributed by atoms with van der Waals surface area (Å²) in [6.07, 6.45) is 2.49. The number of hydrogen-bond donors (Lipinski definition) is 0. The number of aryl methyl sites for hydroxylation is 1. The molecule has 1 aromatic rings. The number of fused-ring (bicyclic) bond motifs is 2. The second-order valence-electron chi connectivity index (χ2n) is 6.46. The highest BCUT2D eigenvalue weighted by molar-refractivity contribution is 5.28. The van der Waals surface area contributed by atoms with E-state index in [4.69, 9.17) is 4.74 Å². The Morgan fingerprint density at radius 3 is 2.20 bits per heavy atom. The molecule has 20 heavy (non-hydrogen) atoms. The van der Waals surface area contributed by atoms with Crippen molar-refractivity contribution in [1.82, 2.24) is 0 Å². The predicted octanol–water partition coefficient (Wildman–Crippen LogP) is 4.99. The van der Waals surface area contributed by atoms with E-state index in [1.807, 2.05) is 38.1 Å². The first kappa shape index (κ1) is 13.7. The first-order valence-corrected chi connectivity index (χ1v) is 7.21. The van der Waals surface area contributed by atoms with Gasteiger partial charge in [-0.25, -0.2) is 8.78 Å². The van der Waals surface area contributed by atoms with Crippen molar-refractivity contribution < 1.29 is 13.5 Å². The largest absolute Gasteiger partial charge is 0.363 e. The summed E-state index contributed by atoms with van der Waals surface area (Å²) < 4.78 is 34.3. The Morgan fingerprint density at radius 1 is 1.00 bits per heavy atom. The number of hydrogen-bond acceptors (Lipinski definition) is 1. The minimum absolute atomic E-state index is 0.331. The molecular formula is C17H20F2O. The molecule has 0 saturated heterocycles. The lowest BCUT2D eigenvalue weighted by molar-refractivity contribution is -0.104. The number of benzene rings is 1. The molecule has 1 nitrogen and oxygen atoms in total. The van der Waals surface area contributed by atoms with Crippen LogP contribution >= 0.6 is 0 Å². The Hall–Kier alpha value is -1.22. The molecule has 0 radical (unpaired) electrons. The third kappa shape index (κ3) is 2.08. The highest BCUT2D eigenvalue weighted by atomic mass is 19.2. The predicted molar refractivity (Wildman–Crippen MR) is 74.5 cm³/mol. The molecule has 3 heteroatoms. The normalized spacial score (nSPS) is 32.8. The Kier molecular flexibility index (Phi) is 3.20. The summed E-state index contributed by atoms with van der Waals surface area (Å²) in [7, 11) is 0. The Labute approximate surface area is 118 Å². The molecule has 0 aliphatic heterocycles. The van der Waals surface area contributed by atoms with Gasteiger partial charge in [-0.05, 0) is 38.2 Å². The molecule has 0 N–H and O–H groups in total. The minimum Gasteiger partial charge on any atom is -0.363 e. The summed E-state index contributed by atoms with van der Waals surface area (Å²) in [4.78, 5) is 0. The van der Waals surface area contributed by atoms with Crippen molar-refractivity contribution in [3.63, 3.8) is 0 Å². The maximum absolute atomic E-state index is 14.3. The molecule has 2 bridgehead atoms. The average Bonchev–Trinajstić information content (AvgIpc) is 2.46. The molecule has 0 spiro atoms. The summed E-state index contributed by atoms with van der Waals surface area (Å²) in [5.74, 6) is -1.25. The molecule has 3 aliphatic rings. The topological polar surface area (TPSA) is 9.23 Å². The van der Waals surface area contributed by atoms with Crippen molar-refractivity contribution in [2.75, 3.05) is 0 Å². The molecule has 0 atom stereocenters. The summed E-state index contributed by atoms with van der Waals surface area (Å²) >= 11 is 0. The third-order valence-electron chi connectivity index (χ3n) is 4.92. The highest BCUT2D eigenvalue weighted by Gasteiger charge is 2.54. The van der Waals surface area contributed by atoms with Crippen molar-refractivity contribution in [2.45, 2.75) is 51.7 Å². The van der Waals surface area contributed by atoms with Gasteiger partial charge in [0.15, 0.2) is 5.83 Å². The van der Waals surface area contributed by atoms with Crippen LogP contribution in [0.1, 0.15) is 43.7 Å². The van der Waals surface area contributed by atoms with Gasteiger partial charge < -0.3 is 4.74 Å². The molecule has 0 unspecified atom stereocenters. The zero-order valence-corrected chi connectivity index (χ0v) is 12.0. The minimum atomic E-state index is -1.02. The van der Waals surface area contributed by atoms with Gasteiger partial charge in [-0.1, -0.05) is 36.8 Å². The van der Waals surface area contributed by atoms with Crippen molar-refractivity contribution in [3.8, 4) is 0 Å². The molecule has 1 fully saturated rings. The quantitative estimate of drug-likeness (QED) is 0.756. The Morgan fingerprint density at radius 2 is 1.60 bits per heavy atom. The van der Waals surface area contributed by atoms with Crippen LogP contribution < -0.4 is 0 Å². The number of ether oxygens (including phenoxy) is 1. The van der Waals surface area contributed by atoms with Gasteiger partial charge in [-0.2, -0.15) is 0 Å². The fraction of sp³-hybridized carbons (Fsp3) is 0.529. The first-order chi connectivity index (χ1) is 9.45. The SMILES string of the molecule is Cc1ccc(COC23CCC(C)(CC2)C(F)=C3F)cc1. The van der Waals surface area contributed by atoms with Crippen molar-refractivity contribution >= 4 is 0 Å². The van der Waals surface area contributed by atoms with Gasteiger partial charge in [0.05, 0.1) is 6.61 Å². The molecule has 108 valence electrons. The molecule has 1 aromatic carbocycles. The van der Waals surface area contributed by atoms with E-state index in [0.29, 0.717) is 32.3 Å². The van der Waals surface area contributed by atoms with Crippen LogP contribution in [0.25, 0.3) is 0 Å². The van der Waals surface area contributed by atoms with Gasteiger partial charge >= 0.3 is 0 Å². The van der Waals surface area contributed by atoms with Gasteiger partial charge in [0.2, 0.25) is 0 Å². The zero-order valence-electron chi connectivity index (χ0n) is 12.0. The lowest BCUT2D eigenvalue weighted by Gasteiger charge is -2.48. The molecule has 0 heterocycles. The maximum atomic E-state index is 14.3. The van der Waals surface area contributed by atoms with Gasteiger partial charge in [-0.3, -0.25) is 0 Å². The molecule has 0 aromatic heterocycles. The number of rotatable bonds is 3. The van der Waals surface area contributed by atoms with E-state index in [1.165, 1.54) is 5.56 Å². The zero-order chi connectivity index (χ0) is 14.4. The van der Waals surface area contributed by atoms with Crippen LogP contribution in [0.4, 0.5) is 8.78 Å². The fourth-order valence-electron chi connectivity index (χ4n) is 3.22. The van der Waals surface area contributed by atoms with Gasteiger partial charge in [-0.15, -0.1) is 0 Å². The first-order valence-electron chi connectivity index (χ1n) is 7.21. The van der Waals surface area contributed by atoms with Crippen LogP contribution in [-0.2, 0) is 11.3 Å². The monoisotopic (exact) mass is 278 g/mol. The molecule has 3 aliphatic carbocycles. The van der Waals surface area contributed by atoms with E-state index in [-0.39, 0.29) is 0 Å². The summed E-state index contributed by atoms with van der Waals surface area (Å²) in [6, 6.07) is 7.95. The van der Waals surface area contributed by atoms with Crippen molar-refractivity contribution in [2.24, 2.45) is 5.41 Å². The summed E-state index contributed by atoms with van der Waals surface area (Å²) in [6.45, 7) is 4.16. The van der Waals surface area contributed by atoms with E-state index in [2.05, 4.69) is 0 Å². The highest BCUT2D eigenvalue weighted by Crippen LogP contribution is 2.57. The summed E-state index contributed by atoms with van der Waals surface area (Å²) in [5, 5.41) is 0. The number of halogens is 2. The van der Waals surface area contributed by atoms with Crippen molar-refractivity contribution in [3.05, 3.63) is 47.0 Å². The standard InChI is InChI=1S/C17H20F2O/c1-12-3-5-13(6-4-12)11-20-17-9-7-16(2,8-10-17)14(18)15(17)19/h3-6H,7-11H2,1-2H3. The molecule has 0 amide bonds. The third-order valence-corrected chi connectivity index (χ3v) is 4.92. The van der Waals surface area contributed by atoms with Gasteiger partial charge in [0.25, 0.3) is 0 Å². The summed E-state index contributed by atoms with van der Waals surface area (Å²) in [5.41, 5.74) is 0.554. The number of allylic oxidation sites excluding steroid dienone is 1. The van der Waals surface area contributed by atoms with E-state index >= 15 is 0 Å². The molecular weight excluding hydrogens is 258 g/mol. The van der Waals surface area contributed by atoms with Crippen LogP contribution in [0.15, 0.2) is 35.9 Å². The van der Waals surface area contributed by atoms with Gasteiger partial charge in [0, 0.05) is 5.41 Å². The fourth-order valence-corrected chi connectivity index (χ4v) is 3.22. The smallest absolute Gasteiger partial charge is 0.164 e. The average molecular weight is 278 g/mol. The van der Waals surface area contributed by atoms with Crippen LogP contribution in [0.5, 0.6) is 0 Å². The van der Waals surface area contributed by atoms with Crippen molar-refractivity contribution in [1.29, 1.82) is 0 Å². The van der Waals surface area contributed by atoms with Crippen LogP contribution in [0, 0.1) is 12.3 Å². The molecule has 1 saturated carbocycles. The maximum Gasteiger partial charge on any atom is 0.164 e. The second kappa shape index (κ2) is 4.66. The van der Waals surface area contributed by atoms with E-state index in [0.717, 1.165) is 5.56 Å². The lowest BCUT2D eigenvalue weighted by Crippen LogP contribution is -2.47. The molecule has 4 rings (SSSR count).